The number of nitrogens with one attached hydrogen (secondary N) is 1. The van der Waals surface area contributed by atoms with Crippen LogP contribution in [0.25, 0.3) is 10.9 Å². The van der Waals surface area contributed by atoms with Crippen LogP contribution in [-0.2, 0) is 6.42 Å². The summed E-state index contributed by atoms with van der Waals surface area (Å²) in [6.07, 6.45) is 3.21. The van der Waals surface area contributed by atoms with Gasteiger partial charge in [0.15, 0.2) is 0 Å². The Morgan fingerprint density at radius 2 is 2.06 bits per heavy atom. The van der Waals surface area contributed by atoms with Gasteiger partial charge >= 0.3 is 0 Å². The fourth-order valence-electron chi connectivity index (χ4n) is 3.03. The van der Waals surface area contributed by atoms with Gasteiger partial charge < -0.3 is 4.98 Å². The van der Waals surface area contributed by atoms with Gasteiger partial charge in [-0.05, 0) is 49.8 Å². The van der Waals surface area contributed by atoms with Crippen LogP contribution in [0.3, 0.4) is 0 Å². The average molecular weight is 224 g/mol. The smallest absolute Gasteiger partial charge is 0.0736 e. The van der Waals surface area contributed by atoms with Crippen LogP contribution in [0.1, 0.15) is 41.1 Å². The van der Waals surface area contributed by atoms with Gasteiger partial charge in [-0.25, -0.2) is 0 Å². The van der Waals surface area contributed by atoms with Gasteiger partial charge in [-0.15, -0.1) is 0 Å². The molecule has 1 aliphatic rings. The van der Waals surface area contributed by atoms with Crippen molar-refractivity contribution in [2.75, 3.05) is 0 Å². The molecule has 0 saturated carbocycles. The van der Waals surface area contributed by atoms with Crippen LogP contribution in [0.2, 0.25) is 0 Å². The minimum atomic E-state index is 0.0769. The summed E-state index contributed by atoms with van der Waals surface area (Å²) in [7, 11) is 0. The predicted molar refractivity (Wildman–Crippen MR) is 69.1 cm³/mol. The first-order valence-corrected chi connectivity index (χ1v) is 6.22. The zero-order valence-corrected chi connectivity index (χ0v) is 10.3. The molecule has 1 aromatic heterocycles. The third-order valence-corrected chi connectivity index (χ3v) is 3.92. The lowest BCUT2D eigenvalue weighted by molar-refractivity contribution is 0.633. The Bertz CT molecular complexity index is 628. The SMILES string of the molecule is Cc1ccc(C)c2c3c([nH]c12)CCCC3C#N. The monoisotopic (exact) mass is 224 g/mol. The molecule has 1 heterocycles. The number of rotatable bonds is 0. The maximum absolute atomic E-state index is 9.31. The van der Waals surface area contributed by atoms with E-state index in [-0.39, 0.29) is 5.92 Å². The topological polar surface area (TPSA) is 39.6 Å². The highest BCUT2D eigenvalue weighted by molar-refractivity contribution is 5.91. The Hall–Kier alpha value is -1.75. The summed E-state index contributed by atoms with van der Waals surface area (Å²) < 4.78 is 0. The lowest BCUT2D eigenvalue weighted by Gasteiger charge is -2.17. The molecule has 2 heteroatoms. The van der Waals surface area contributed by atoms with Crippen LogP contribution in [0.4, 0.5) is 0 Å². The number of nitrogens with zero attached hydrogens (tertiary/aromatic N) is 1. The molecule has 1 aromatic carbocycles. The van der Waals surface area contributed by atoms with Crippen molar-refractivity contribution in [1.29, 1.82) is 5.26 Å². The van der Waals surface area contributed by atoms with E-state index < -0.39 is 0 Å². The summed E-state index contributed by atoms with van der Waals surface area (Å²) >= 11 is 0. The van der Waals surface area contributed by atoms with E-state index >= 15 is 0 Å². The van der Waals surface area contributed by atoms with E-state index in [1.54, 1.807) is 0 Å². The molecule has 1 N–H and O–H groups in total. The van der Waals surface area contributed by atoms with Crippen molar-refractivity contribution >= 4 is 10.9 Å². The number of benzene rings is 1. The lowest BCUT2D eigenvalue weighted by atomic mass is 9.85. The van der Waals surface area contributed by atoms with E-state index in [4.69, 9.17) is 0 Å². The number of nitriles is 1. The van der Waals surface area contributed by atoms with E-state index in [1.165, 1.54) is 33.3 Å². The molecule has 1 aliphatic carbocycles. The van der Waals surface area contributed by atoms with Gasteiger partial charge in [0.25, 0.3) is 0 Å². The molecule has 0 fully saturated rings. The van der Waals surface area contributed by atoms with Crippen molar-refractivity contribution in [2.24, 2.45) is 0 Å². The molecule has 3 rings (SSSR count). The molecule has 0 aliphatic heterocycles. The van der Waals surface area contributed by atoms with Crippen LogP contribution in [0.15, 0.2) is 12.1 Å². The Balaban J connectivity index is 2.41. The third-order valence-electron chi connectivity index (χ3n) is 3.92. The molecule has 2 aromatic rings. The molecule has 0 saturated heterocycles. The van der Waals surface area contributed by atoms with Crippen molar-refractivity contribution in [3.63, 3.8) is 0 Å². The van der Waals surface area contributed by atoms with E-state index in [2.05, 4.69) is 37.0 Å². The second-order valence-corrected chi connectivity index (χ2v) is 5.04. The number of hydrogen-bond acceptors (Lipinski definition) is 1. The van der Waals surface area contributed by atoms with Crippen LogP contribution < -0.4 is 0 Å². The Kier molecular flexibility index (Phi) is 2.22. The van der Waals surface area contributed by atoms with E-state index in [0.29, 0.717) is 0 Å². The molecule has 86 valence electrons. The van der Waals surface area contributed by atoms with E-state index in [1.807, 2.05) is 0 Å². The molecule has 17 heavy (non-hydrogen) atoms. The molecule has 2 nitrogen and oxygen atoms in total. The van der Waals surface area contributed by atoms with Crippen LogP contribution in [0.5, 0.6) is 0 Å². The molecule has 0 amide bonds. The number of aromatic amines is 1. The largest absolute Gasteiger partial charge is 0.358 e. The number of fused-ring (bicyclic) bond motifs is 3. The quantitative estimate of drug-likeness (QED) is 0.727. The van der Waals surface area contributed by atoms with Gasteiger partial charge in [-0.3, -0.25) is 0 Å². The highest BCUT2D eigenvalue weighted by atomic mass is 14.7. The van der Waals surface area contributed by atoms with Crippen LogP contribution in [-0.4, -0.2) is 4.98 Å². The second kappa shape index (κ2) is 3.63. The zero-order valence-electron chi connectivity index (χ0n) is 10.3. The first-order chi connectivity index (χ1) is 8.22. The minimum absolute atomic E-state index is 0.0769. The highest BCUT2D eigenvalue weighted by Gasteiger charge is 2.25. The molecular formula is C15H16N2. The number of aryl methyl sites for hydroxylation is 3. The summed E-state index contributed by atoms with van der Waals surface area (Å²) in [5, 5.41) is 10.6. The summed E-state index contributed by atoms with van der Waals surface area (Å²) in [6, 6.07) is 6.78. The van der Waals surface area contributed by atoms with Gasteiger partial charge in [0.1, 0.15) is 0 Å². The van der Waals surface area contributed by atoms with Gasteiger partial charge in [0.2, 0.25) is 0 Å². The summed E-state index contributed by atoms with van der Waals surface area (Å²) in [5.74, 6) is 0.0769. The molecule has 0 radical (unpaired) electrons. The predicted octanol–water partition coefficient (Wildman–Crippen LogP) is 3.73. The summed E-state index contributed by atoms with van der Waals surface area (Å²) in [4.78, 5) is 3.54. The third kappa shape index (κ3) is 1.39. The first-order valence-electron chi connectivity index (χ1n) is 6.22. The van der Waals surface area contributed by atoms with Crippen molar-refractivity contribution < 1.29 is 0 Å². The Morgan fingerprint density at radius 3 is 2.82 bits per heavy atom. The second-order valence-electron chi connectivity index (χ2n) is 5.04. The lowest BCUT2D eigenvalue weighted by Crippen LogP contribution is -2.06. The normalized spacial score (nSPS) is 19.0. The van der Waals surface area contributed by atoms with Crippen LogP contribution in [0, 0.1) is 25.2 Å². The van der Waals surface area contributed by atoms with Gasteiger partial charge in [0.05, 0.1) is 12.0 Å². The molecule has 1 unspecified atom stereocenters. The summed E-state index contributed by atoms with van der Waals surface area (Å²) in [6.45, 7) is 4.27. The number of hydrogen-bond donors (Lipinski definition) is 1. The van der Waals surface area contributed by atoms with Gasteiger partial charge in [-0.2, -0.15) is 5.26 Å². The minimum Gasteiger partial charge on any atom is -0.358 e. The molecule has 0 bridgehead atoms. The Morgan fingerprint density at radius 1 is 1.29 bits per heavy atom. The maximum atomic E-state index is 9.31. The van der Waals surface area contributed by atoms with Crippen molar-refractivity contribution in [3.05, 3.63) is 34.5 Å². The van der Waals surface area contributed by atoms with E-state index in [0.717, 1.165) is 19.3 Å². The van der Waals surface area contributed by atoms with Gasteiger partial charge in [0, 0.05) is 16.6 Å². The number of aromatic nitrogens is 1. The van der Waals surface area contributed by atoms with Crippen molar-refractivity contribution in [3.8, 4) is 6.07 Å². The van der Waals surface area contributed by atoms with Crippen LogP contribution >= 0.6 is 0 Å². The summed E-state index contributed by atoms with van der Waals surface area (Å²) in [5.41, 5.74) is 6.35. The highest BCUT2D eigenvalue weighted by Crippen LogP contribution is 2.38. The standard InChI is InChI=1S/C15H16N2/c1-9-6-7-10(2)15-13(9)14-11(8-16)4-3-5-12(14)17-15/h6-7,11,17H,3-5H2,1-2H3. The molecule has 0 spiro atoms. The molecular weight excluding hydrogens is 208 g/mol. The van der Waals surface area contributed by atoms with Gasteiger partial charge in [-0.1, -0.05) is 12.1 Å². The first kappa shape index (κ1) is 10.4. The molecule has 1 atom stereocenters. The fourth-order valence-corrected chi connectivity index (χ4v) is 3.03. The Labute approximate surface area is 101 Å². The van der Waals surface area contributed by atoms with Crippen molar-refractivity contribution in [2.45, 2.75) is 39.0 Å². The maximum Gasteiger partial charge on any atom is 0.0736 e. The van der Waals surface area contributed by atoms with E-state index in [9.17, 15) is 5.26 Å². The average Bonchev–Trinajstić information content (AvgIpc) is 2.74. The fraction of sp³-hybridized carbons (Fsp3) is 0.400. The number of H-pyrrole nitrogens is 1. The zero-order chi connectivity index (χ0) is 12.0. The van der Waals surface area contributed by atoms with Crippen molar-refractivity contribution in [1.82, 2.24) is 4.98 Å².